The molecule has 5 nitrogen and oxygen atoms in total. The predicted molar refractivity (Wildman–Crippen MR) is 48.5 cm³/mol. The fourth-order valence-electron chi connectivity index (χ4n) is 0.780. The molecule has 0 aliphatic carbocycles. The van der Waals surface area contributed by atoms with Crippen LogP contribution in [-0.2, 0) is 19.1 Å². The number of carbonyl (C=O) groups excluding carboxylic acids is 2. The smallest absolute Gasteiger partial charge is 0.335 e. The van der Waals surface area contributed by atoms with E-state index in [1.165, 1.54) is 6.92 Å². The molecule has 5 heteroatoms. The van der Waals surface area contributed by atoms with Gasteiger partial charge >= 0.3 is 11.9 Å². The lowest BCUT2D eigenvalue weighted by Crippen LogP contribution is -2.27. The summed E-state index contributed by atoms with van der Waals surface area (Å²) in [5, 5.41) is 9.04. The maximum atomic E-state index is 11.0. The zero-order valence-electron chi connectivity index (χ0n) is 8.65. The van der Waals surface area contributed by atoms with Gasteiger partial charge in [-0.25, -0.2) is 4.79 Å². The van der Waals surface area contributed by atoms with Crippen molar-refractivity contribution in [2.24, 2.45) is 0 Å². The van der Waals surface area contributed by atoms with Crippen LogP contribution in [0.5, 0.6) is 0 Å². The molecule has 0 saturated heterocycles. The lowest BCUT2D eigenvalue weighted by Gasteiger charge is -2.13. The van der Waals surface area contributed by atoms with Gasteiger partial charge in [0.1, 0.15) is 12.7 Å². The van der Waals surface area contributed by atoms with E-state index in [1.807, 2.05) is 0 Å². The third kappa shape index (κ3) is 5.53. The van der Waals surface area contributed by atoms with E-state index in [-0.39, 0.29) is 6.61 Å². The monoisotopic (exact) mass is 204 g/mol. The summed E-state index contributed by atoms with van der Waals surface area (Å²) in [5.74, 6) is -1.11. The number of hydrogen-bond acceptors (Lipinski definition) is 5. The first-order valence-electron chi connectivity index (χ1n) is 4.49. The normalized spacial score (nSPS) is 14.3. The van der Waals surface area contributed by atoms with Crippen LogP contribution in [0.15, 0.2) is 0 Å². The van der Waals surface area contributed by atoms with E-state index < -0.39 is 24.1 Å². The number of ether oxygens (including phenoxy) is 2. The Labute approximate surface area is 83.0 Å². The molecule has 14 heavy (non-hydrogen) atoms. The third-order valence-corrected chi connectivity index (χ3v) is 1.49. The zero-order valence-corrected chi connectivity index (χ0v) is 8.65. The molecule has 0 saturated carbocycles. The number of aliphatic hydroxyl groups excluding tert-OH is 1. The second-order valence-corrected chi connectivity index (χ2v) is 2.97. The van der Waals surface area contributed by atoms with E-state index >= 15 is 0 Å². The second kappa shape index (κ2) is 6.37. The number of hydrogen-bond donors (Lipinski definition) is 1. The van der Waals surface area contributed by atoms with Crippen LogP contribution in [0.2, 0.25) is 0 Å². The molecule has 0 aromatic carbocycles. The van der Waals surface area contributed by atoms with Gasteiger partial charge in [0.05, 0.1) is 0 Å². The average molecular weight is 204 g/mol. The largest absolute Gasteiger partial charge is 0.460 e. The van der Waals surface area contributed by atoms with Crippen molar-refractivity contribution in [1.82, 2.24) is 0 Å². The highest BCUT2D eigenvalue weighted by molar-refractivity contribution is 5.74. The van der Waals surface area contributed by atoms with Gasteiger partial charge in [0.15, 0.2) is 6.10 Å². The van der Waals surface area contributed by atoms with Crippen molar-refractivity contribution >= 4 is 11.9 Å². The molecule has 0 aliphatic heterocycles. The maximum Gasteiger partial charge on any atom is 0.335 e. The van der Waals surface area contributed by atoms with E-state index in [1.54, 1.807) is 13.8 Å². The fraction of sp³-hybridized carbons (Fsp3) is 0.778. The van der Waals surface area contributed by atoms with E-state index in [2.05, 4.69) is 0 Å². The summed E-state index contributed by atoms with van der Waals surface area (Å²) in [6.07, 6.45) is -1.28. The summed E-state index contributed by atoms with van der Waals surface area (Å²) < 4.78 is 9.41. The summed E-state index contributed by atoms with van der Waals surface area (Å²) in [4.78, 5) is 21.4. The predicted octanol–water partition coefficient (Wildman–Crippen LogP) is 0.252. The van der Waals surface area contributed by atoms with Gasteiger partial charge in [-0.2, -0.15) is 0 Å². The molecule has 2 unspecified atom stereocenters. The molecule has 0 radical (unpaired) electrons. The van der Waals surface area contributed by atoms with E-state index in [0.29, 0.717) is 6.42 Å². The topological polar surface area (TPSA) is 72.8 Å². The molecule has 82 valence electrons. The van der Waals surface area contributed by atoms with Crippen LogP contribution in [-0.4, -0.2) is 35.9 Å². The third-order valence-electron chi connectivity index (χ3n) is 1.49. The number of rotatable bonds is 5. The molecule has 0 rings (SSSR count). The first kappa shape index (κ1) is 12.9. The highest BCUT2D eigenvalue weighted by atomic mass is 16.6. The van der Waals surface area contributed by atoms with Gasteiger partial charge in [0.25, 0.3) is 0 Å². The van der Waals surface area contributed by atoms with Crippen LogP contribution in [0.3, 0.4) is 0 Å². The molecule has 2 atom stereocenters. The Balaban J connectivity index is 3.71. The molecule has 1 N–H and O–H groups in total. The van der Waals surface area contributed by atoms with Gasteiger partial charge in [0, 0.05) is 6.92 Å². The molecule has 0 aromatic rings. The van der Waals surface area contributed by atoms with Gasteiger partial charge in [0.2, 0.25) is 0 Å². The second-order valence-electron chi connectivity index (χ2n) is 2.97. The Morgan fingerprint density at radius 3 is 2.43 bits per heavy atom. The Morgan fingerprint density at radius 2 is 2.00 bits per heavy atom. The van der Waals surface area contributed by atoms with Crippen molar-refractivity contribution in [3.8, 4) is 0 Å². The van der Waals surface area contributed by atoms with Crippen molar-refractivity contribution in [2.45, 2.75) is 39.4 Å². The molecule has 0 heterocycles. The Bertz CT molecular complexity index is 201. The van der Waals surface area contributed by atoms with Gasteiger partial charge in [-0.05, 0) is 13.3 Å². The van der Waals surface area contributed by atoms with Crippen molar-refractivity contribution < 1.29 is 24.2 Å². The minimum Gasteiger partial charge on any atom is -0.460 e. The molecular formula is C9H16O5. The quantitative estimate of drug-likeness (QED) is 0.650. The maximum absolute atomic E-state index is 11.0. The van der Waals surface area contributed by atoms with E-state index in [9.17, 15) is 9.59 Å². The van der Waals surface area contributed by atoms with Gasteiger partial charge < -0.3 is 14.6 Å². The summed E-state index contributed by atoms with van der Waals surface area (Å²) in [7, 11) is 0. The van der Waals surface area contributed by atoms with E-state index in [0.717, 1.165) is 0 Å². The first-order chi connectivity index (χ1) is 6.47. The summed E-state index contributed by atoms with van der Waals surface area (Å²) >= 11 is 0. The van der Waals surface area contributed by atoms with Crippen LogP contribution in [0, 0.1) is 0 Å². The van der Waals surface area contributed by atoms with Crippen molar-refractivity contribution in [1.29, 1.82) is 0 Å². The van der Waals surface area contributed by atoms with Gasteiger partial charge in [-0.1, -0.05) is 6.92 Å². The lowest BCUT2D eigenvalue weighted by molar-refractivity contribution is -0.162. The first-order valence-corrected chi connectivity index (χ1v) is 4.49. The fourth-order valence-corrected chi connectivity index (χ4v) is 0.780. The van der Waals surface area contributed by atoms with Gasteiger partial charge in [-0.15, -0.1) is 0 Å². The van der Waals surface area contributed by atoms with Crippen LogP contribution < -0.4 is 0 Å². The Hall–Kier alpha value is -1.10. The molecule has 0 aromatic heterocycles. The van der Waals surface area contributed by atoms with Crippen LogP contribution in [0.4, 0.5) is 0 Å². The summed E-state index contributed by atoms with van der Waals surface area (Å²) in [6.45, 7) is 4.52. The van der Waals surface area contributed by atoms with Crippen molar-refractivity contribution in [3.63, 3.8) is 0 Å². The van der Waals surface area contributed by atoms with Crippen LogP contribution >= 0.6 is 0 Å². The Kier molecular flexibility index (Phi) is 5.87. The number of esters is 2. The minimum atomic E-state index is -1.10. The summed E-state index contributed by atoms with van der Waals surface area (Å²) in [6, 6.07) is 0. The van der Waals surface area contributed by atoms with E-state index in [4.69, 9.17) is 14.6 Å². The SMILES string of the molecule is CCC(O)C(=O)OCC(C)OC(C)=O. The summed E-state index contributed by atoms with van der Waals surface area (Å²) in [5.41, 5.74) is 0. The Morgan fingerprint density at radius 1 is 1.43 bits per heavy atom. The van der Waals surface area contributed by atoms with Gasteiger partial charge in [-0.3, -0.25) is 4.79 Å². The van der Waals surface area contributed by atoms with Crippen molar-refractivity contribution in [2.75, 3.05) is 6.61 Å². The molecule has 0 aliphatic rings. The van der Waals surface area contributed by atoms with Crippen molar-refractivity contribution in [3.05, 3.63) is 0 Å². The number of aliphatic hydroxyl groups is 1. The average Bonchev–Trinajstić information content (AvgIpc) is 2.11. The lowest BCUT2D eigenvalue weighted by atomic mass is 10.3. The molecule has 0 bridgehead atoms. The molecule has 0 spiro atoms. The number of carbonyl (C=O) groups is 2. The standard InChI is InChI=1S/C9H16O5/c1-4-8(11)9(12)13-5-6(2)14-7(3)10/h6,8,11H,4-5H2,1-3H3. The molecule has 0 amide bonds. The van der Waals surface area contributed by atoms with Crippen LogP contribution in [0.1, 0.15) is 27.2 Å². The van der Waals surface area contributed by atoms with Crippen LogP contribution in [0.25, 0.3) is 0 Å². The minimum absolute atomic E-state index is 0.0323. The molecular weight excluding hydrogens is 188 g/mol. The highest BCUT2D eigenvalue weighted by Crippen LogP contribution is 1.97. The zero-order chi connectivity index (χ0) is 11.1. The molecule has 0 fully saturated rings. The highest BCUT2D eigenvalue weighted by Gasteiger charge is 2.15.